The van der Waals surface area contributed by atoms with Crippen LogP contribution in [0.25, 0.3) is 11.1 Å². The molecule has 1 fully saturated rings. The minimum absolute atomic E-state index is 0.229. The summed E-state index contributed by atoms with van der Waals surface area (Å²) in [7, 11) is 3.88. The Bertz CT molecular complexity index is 634. The van der Waals surface area contributed by atoms with Crippen LogP contribution in [-0.4, -0.2) is 40.9 Å². The molecule has 0 amide bonds. The second-order valence-corrected chi connectivity index (χ2v) is 5.58. The van der Waals surface area contributed by atoms with Crippen LogP contribution in [0.5, 0.6) is 5.75 Å². The Kier molecular flexibility index (Phi) is 3.31. The lowest BCUT2D eigenvalue weighted by Crippen LogP contribution is -2.51. The van der Waals surface area contributed by atoms with Gasteiger partial charge in [-0.15, -0.1) is 0 Å². The van der Waals surface area contributed by atoms with E-state index in [1.165, 1.54) is 0 Å². The Labute approximate surface area is 122 Å². The van der Waals surface area contributed by atoms with Gasteiger partial charge in [-0.1, -0.05) is 17.7 Å². The van der Waals surface area contributed by atoms with E-state index < -0.39 is 0 Å². The highest BCUT2D eigenvalue weighted by Crippen LogP contribution is 2.33. The van der Waals surface area contributed by atoms with Crippen molar-refractivity contribution in [3.05, 3.63) is 29.4 Å². The Morgan fingerprint density at radius 3 is 2.65 bits per heavy atom. The molecule has 1 saturated heterocycles. The fourth-order valence-corrected chi connectivity index (χ4v) is 2.55. The number of benzene rings is 1. The van der Waals surface area contributed by atoms with E-state index in [4.69, 9.17) is 22.1 Å². The largest absolute Gasteiger partial charge is 0.486 e. The number of likely N-dealkylation sites (tertiary alicyclic amines) is 1. The summed E-state index contributed by atoms with van der Waals surface area (Å²) >= 11 is 6.29. The van der Waals surface area contributed by atoms with E-state index in [1.807, 2.05) is 25.2 Å². The predicted octanol–water partition coefficient (Wildman–Crippen LogP) is 2.02. The van der Waals surface area contributed by atoms with Gasteiger partial charge in [-0.25, -0.2) is 0 Å². The number of hydrogen-bond donors (Lipinski definition) is 1. The topological polar surface area (TPSA) is 56.3 Å². The molecule has 5 nitrogen and oxygen atoms in total. The zero-order valence-corrected chi connectivity index (χ0v) is 12.3. The molecule has 1 aliphatic heterocycles. The number of nitrogens with zero attached hydrogens (tertiary/aromatic N) is 3. The average Bonchev–Trinajstić information content (AvgIpc) is 2.70. The van der Waals surface area contributed by atoms with Crippen molar-refractivity contribution in [3.8, 4) is 16.9 Å². The minimum atomic E-state index is 0.229. The smallest absolute Gasteiger partial charge is 0.138 e. The first-order chi connectivity index (χ1) is 9.54. The van der Waals surface area contributed by atoms with Crippen LogP contribution < -0.4 is 10.5 Å². The van der Waals surface area contributed by atoms with E-state index in [0.717, 1.165) is 30.0 Å². The van der Waals surface area contributed by atoms with E-state index in [9.17, 15) is 0 Å². The molecule has 106 valence electrons. The fourth-order valence-electron chi connectivity index (χ4n) is 2.33. The number of likely N-dealkylation sites (N-methyl/N-ethyl adjacent to an activating group) is 1. The zero-order valence-electron chi connectivity index (χ0n) is 11.5. The maximum atomic E-state index is 6.29. The molecular formula is C14H17ClN4O. The molecule has 0 unspecified atom stereocenters. The quantitative estimate of drug-likeness (QED) is 0.940. The van der Waals surface area contributed by atoms with Gasteiger partial charge in [0, 0.05) is 25.7 Å². The highest BCUT2D eigenvalue weighted by Gasteiger charge is 2.25. The second-order valence-electron chi connectivity index (χ2n) is 5.17. The van der Waals surface area contributed by atoms with Gasteiger partial charge >= 0.3 is 0 Å². The van der Waals surface area contributed by atoms with E-state index in [2.05, 4.69) is 17.0 Å². The molecule has 20 heavy (non-hydrogen) atoms. The molecule has 1 aromatic carbocycles. The maximum absolute atomic E-state index is 6.29. The predicted molar refractivity (Wildman–Crippen MR) is 80.0 cm³/mol. The van der Waals surface area contributed by atoms with Crippen LogP contribution in [0.3, 0.4) is 0 Å². The Morgan fingerprint density at radius 2 is 2.10 bits per heavy atom. The van der Waals surface area contributed by atoms with Crippen molar-refractivity contribution in [1.29, 1.82) is 0 Å². The molecule has 0 radical (unpaired) electrons. The molecule has 1 aliphatic rings. The summed E-state index contributed by atoms with van der Waals surface area (Å²) < 4.78 is 7.49. The SMILES string of the molecule is CN1CC(Oc2ccc(-c3cnn(C)c3N)cc2Cl)C1. The monoisotopic (exact) mass is 292 g/mol. The number of ether oxygens (including phenoxy) is 1. The van der Waals surface area contributed by atoms with Crippen molar-refractivity contribution in [2.75, 3.05) is 25.9 Å². The van der Waals surface area contributed by atoms with Crippen LogP contribution in [-0.2, 0) is 7.05 Å². The van der Waals surface area contributed by atoms with Gasteiger partial charge in [0.05, 0.1) is 11.2 Å². The van der Waals surface area contributed by atoms with Crippen LogP contribution in [0.2, 0.25) is 5.02 Å². The Hall–Kier alpha value is -1.72. The number of aryl methyl sites for hydroxylation is 1. The minimum Gasteiger partial charge on any atom is -0.486 e. The summed E-state index contributed by atoms with van der Waals surface area (Å²) in [5.41, 5.74) is 7.79. The van der Waals surface area contributed by atoms with Gasteiger partial charge in [0.25, 0.3) is 0 Å². The van der Waals surface area contributed by atoms with Crippen molar-refractivity contribution in [3.63, 3.8) is 0 Å². The molecule has 2 N–H and O–H groups in total. The highest BCUT2D eigenvalue weighted by molar-refractivity contribution is 6.32. The van der Waals surface area contributed by atoms with Crippen molar-refractivity contribution in [2.45, 2.75) is 6.10 Å². The molecule has 6 heteroatoms. The number of halogens is 1. The third-order valence-electron chi connectivity index (χ3n) is 3.55. The van der Waals surface area contributed by atoms with Crippen molar-refractivity contribution >= 4 is 17.4 Å². The van der Waals surface area contributed by atoms with Gasteiger partial charge in [0.2, 0.25) is 0 Å². The lowest BCUT2D eigenvalue weighted by Gasteiger charge is -2.36. The molecule has 0 spiro atoms. The Balaban J connectivity index is 1.82. The van der Waals surface area contributed by atoms with E-state index in [1.54, 1.807) is 10.9 Å². The van der Waals surface area contributed by atoms with E-state index >= 15 is 0 Å². The van der Waals surface area contributed by atoms with Crippen LogP contribution in [0.15, 0.2) is 24.4 Å². The first-order valence-corrected chi connectivity index (χ1v) is 6.85. The standard InChI is InChI=1S/C14H17ClN4O/c1-18-7-10(8-18)20-13-4-3-9(5-12(13)15)11-6-17-19(2)14(11)16/h3-6,10H,7-8,16H2,1-2H3. The molecule has 0 atom stereocenters. The van der Waals surface area contributed by atoms with E-state index in [-0.39, 0.29) is 6.10 Å². The van der Waals surface area contributed by atoms with Crippen molar-refractivity contribution in [1.82, 2.24) is 14.7 Å². The number of anilines is 1. The average molecular weight is 293 g/mol. The number of nitrogens with two attached hydrogens (primary N) is 1. The van der Waals surface area contributed by atoms with Crippen LogP contribution >= 0.6 is 11.6 Å². The third-order valence-corrected chi connectivity index (χ3v) is 3.85. The summed E-state index contributed by atoms with van der Waals surface area (Å²) in [4.78, 5) is 2.20. The summed E-state index contributed by atoms with van der Waals surface area (Å²) in [6.07, 6.45) is 1.97. The van der Waals surface area contributed by atoms with Gasteiger partial charge in [-0.2, -0.15) is 5.10 Å². The van der Waals surface area contributed by atoms with Gasteiger partial charge in [-0.05, 0) is 24.7 Å². The fraction of sp³-hybridized carbons (Fsp3) is 0.357. The van der Waals surface area contributed by atoms with E-state index in [0.29, 0.717) is 10.8 Å². The molecule has 0 saturated carbocycles. The summed E-state index contributed by atoms with van der Waals surface area (Å²) in [5, 5.41) is 4.73. The highest BCUT2D eigenvalue weighted by atomic mass is 35.5. The summed E-state index contributed by atoms with van der Waals surface area (Å²) in [6.45, 7) is 1.88. The summed E-state index contributed by atoms with van der Waals surface area (Å²) in [5.74, 6) is 1.34. The maximum Gasteiger partial charge on any atom is 0.138 e. The van der Waals surface area contributed by atoms with Crippen molar-refractivity contribution in [2.24, 2.45) is 7.05 Å². The van der Waals surface area contributed by atoms with Gasteiger partial charge in [0.1, 0.15) is 17.7 Å². The van der Waals surface area contributed by atoms with Crippen LogP contribution in [0.4, 0.5) is 5.82 Å². The number of nitrogen functional groups attached to an aromatic ring is 1. The second kappa shape index (κ2) is 5.00. The molecular weight excluding hydrogens is 276 g/mol. The third kappa shape index (κ3) is 2.34. The molecule has 2 heterocycles. The summed E-state index contributed by atoms with van der Waals surface area (Å²) in [6, 6.07) is 5.71. The Morgan fingerprint density at radius 1 is 1.35 bits per heavy atom. The number of rotatable bonds is 3. The van der Waals surface area contributed by atoms with Gasteiger partial charge in [-0.3, -0.25) is 9.58 Å². The zero-order chi connectivity index (χ0) is 14.3. The van der Waals surface area contributed by atoms with Crippen molar-refractivity contribution < 1.29 is 4.74 Å². The number of aromatic nitrogens is 2. The first kappa shape index (κ1) is 13.3. The molecule has 3 rings (SSSR count). The molecule has 2 aromatic rings. The normalized spacial score (nSPS) is 16.1. The number of hydrogen-bond acceptors (Lipinski definition) is 4. The van der Waals surface area contributed by atoms with Crippen LogP contribution in [0, 0.1) is 0 Å². The molecule has 0 aliphatic carbocycles. The van der Waals surface area contributed by atoms with Gasteiger partial charge < -0.3 is 10.5 Å². The molecule has 1 aromatic heterocycles. The lowest BCUT2D eigenvalue weighted by atomic mass is 10.1. The van der Waals surface area contributed by atoms with Gasteiger partial charge in [0.15, 0.2) is 0 Å². The molecule has 0 bridgehead atoms. The first-order valence-electron chi connectivity index (χ1n) is 6.47. The lowest BCUT2D eigenvalue weighted by molar-refractivity contribution is 0.0389. The van der Waals surface area contributed by atoms with Crippen LogP contribution in [0.1, 0.15) is 0 Å².